The van der Waals surface area contributed by atoms with Crippen LogP contribution in [0, 0.1) is 11.8 Å². The lowest BCUT2D eigenvalue weighted by atomic mass is 9.82. The van der Waals surface area contributed by atoms with Crippen molar-refractivity contribution in [2.24, 2.45) is 11.8 Å². The van der Waals surface area contributed by atoms with Crippen LogP contribution in [0.2, 0.25) is 0 Å². The highest BCUT2D eigenvalue weighted by atomic mass is 16.4. The molecule has 0 aliphatic heterocycles. The lowest BCUT2D eigenvalue weighted by Crippen LogP contribution is -2.44. The van der Waals surface area contributed by atoms with Crippen molar-refractivity contribution in [3.8, 4) is 0 Å². The smallest absolute Gasteiger partial charge is 0.326 e. The first-order valence-electron chi connectivity index (χ1n) is 6.57. The number of carbonyl (C=O) groups excluding carboxylic acids is 1. The van der Waals surface area contributed by atoms with Gasteiger partial charge < -0.3 is 10.4 Å². The highest BCUT2D eigenvalue weighted by molar-refractivity contribution is 5.84. The Labute approximate surface area is 103 Å². The molecule has 0 saturated heterocycles. The summed E-state index contributed by atoms with van der Waals surface area (Å²) in [5.41, 5.74) is 0. The molecule has 1 fully saturated rings. The van der Waals surface area contributed by atoms with E-state index >= 15 is 0 Å². The minimum absolute atomic E-state index is 0.0184. The van der Waals surface area contributed by atoms with Crippen molar-refractivity contribution >= 4 is 11.9 Å². The van der Waals surface area contributed by atoms with Crippen LogP contribution in [0.5, 0.6) is 0 Å². The van der Waals surface area contributed by atoms with Gasteiger partial charge in [-0.1, -0.05) is 20.3 Å². The quantitative estimate of drug-likeness (QED) is 0.775. The summed E-state index contributed by atoms with van der Waals surface area (Å²) in [4.78, 5) is 22.9. The molecule has 0 radical (unpaired) electrons. The van der Waals surface area contributed by atoms with Gasteiger partial charge in [0.1, 0.15) is 6.04 Å². The predicted molar refractivity (Wildman–Crippen MR) is 65.6 cm³/mol. The van der Waals surface area contributed by atoms with Gasteiger partial charge in [0.15, 0.2) is 0 Å². The third-order valence-corrected chi connectivity index (χ3v) is 3.58. The van der Waals surface area contributed by atoms with Crippen molar-refractivity contribution in [2.45, 2.75) is 58.4 Å². The average molecular weight is 241 g/mol. The maximum absolute atomic E-state index is 11.9. The molecule has 1 amide bonds. The molecule has 0 heterocycles. The minimum atomic E-state index is -0.927. The lowest BCUT2D eigenvalue weighted by molar-refractivity contribution is -0.142. The largest absolute Gasteiger partial charge is 0.480 e. The van der Waals surface area contributed by atoms with Gasteiger partial charge in [-0.25, -0.2) is 4.79 Å². The van der Waals surface area contributed by atoms with Gasteiger partial charge in [0.05, 0.1) is 0 Å². The van der Waals surface area contributed by atoms with Crippen molar-refractivity contribution in [1.82, 2.24) is 5.32 Å². The summed E-state index contributed by atoms with van der Waals surface area (Å²) in [7, 11) is 0. The van der Waals surface area contributed by atoms with Gasteiger partial charge >= 0.3 is 5.97 Å². The Morgan fingerprint density at radius 1 is 1.29 bits per heavy atom. The van der Waals surface area contributed by atoms with Gasteiger partial charge in [-0.15, -0.1) is 0 Å². The fourth-order valence-corrected chi connectivity index (χ4v) is 2.36. The zero-order valence-corrected chi connectivity index (χ0v) is 10.7. The summed E-state index contributed by atoms with van der Waals surface area (Å²) in [6.45, 7) is 4.12. The number of rotatable bonds is 5. The SMILES string of the molecule is CCC[C@H](NC(=O)C1CCC(C)CC1)C(=O)O. The number of carboxylic acid groups (broad SMARTS) is 1. The van der Waals surface area contributed by atoms with E-state index in [1.807, 2.05) is 6.92 Å². The summed E-state index contributed by atoms with van der Waals surface area (Å²) in [6.07, 6.45) is 5.20. The maximum Gasteiger partial charge on any atom is 0.326 e. The van der Waals surface area contributed by atoms with Crippen LogP contribution in [0.15, 0.2) is 0 Å². The van der Waals surface area contributed by atoms with Crippen molar-refractivity contribution in [3.05, 3.63) is 0 Å². The van der Waals surface area contributed by atoms with Crippen LogP contribution in [0.1, 0.15) is 52.4 Å². The van der Waals surface area contributed by atoms with E-state index in [1.165, 1.54) is 0 Å². The van der Waals surface area contributed by atoms with Crippen LogP contribution in [0.4, 0.5) is 0 Å². The van der Waals surface area contributed by atoms with Crippen LogP contribution in [0.25, 0.3) is 0 Å². The van der Waals surface area contributed by atoms with Gasteiger partial charge in [0.2, 0.25) is 5.91 Å². The molecule has 1 aliphatic rings. The Morgan fingerprint density at radius 2 is 1.88 bits per heavy atom. The minimum Gasteiger partial charge on any atom is -0.480 e. The van der Waals surface area contributed by atoms with Crippen molar-refractivity contribution in [1.29, 1.82) is 0 Å². The van der Waals surface area contributed by atoms with Gasteiger partial charge in [-0.05, 0) is 38.0 Å². The number of amides is 1. The average Bonchev–Trinajstić information content (AvgIpc) is 2.29. The lowest BCUT2D eigenvalue weighted by Gasteiger charge is -2.26. The number of hydrogen-bond donors (Lipinski definition) is 2. The van der Waals surface area contributed by atoms with Crippen LogP contribution in [0.3, 0.4) is 0 Å². The van der Waals surface area contributed by atoms with Crippen LogP contribution >= 0.6 is 0 Å². The van der Waals surface area contributed by atoms with E-state index in [4.69, 9.17) is 5.11 Å². The zero-order valence-electron chi connectivity index (χ0n) is 10.7. The van der Waals surface area contributed by atoms with E-state index in [0.29, 0.717) is 12.3 Å². The highest BCUT2D eigenvalue weighted by Crippen LogP contribution is 2.28. The maximum atomic E-state index is 11.9. The monoisotopic (exact) mass is 241 g/mol. The molecular formula is C13H23NO3. The fourth-order valence-electron chi connectivity index (χ4n) is 2.36. The molecule has 0 unspecified atom stereocenters. The van der Waals surface area contributed by atoms with Crippen molar-refractivity contribution < 1.29 is 14.7 Å². The highest BCUT2D eigenvalue weighted by Gasteiger charge is 2.27. The Hall–Kier alpha value is -1.06. The Bertz CT molecular complexity index is 270. The first kappa shape index (κ1) is 14.0. The molecule has 98 valence electrons. The number of aliphatic carboxylic acids is 1. The Morgan fingerprint density at radius 3 is 2.35 bits per heavy atom. The first-order chi connectivity index (χ1) is 8.04. The van der Waals surface area contributed by atoms with E-state index in [0.717, 1.165) is 32.1 Å². The Kier molecular flexibility index (Phi) is 5.45. The molecule has 4 heteroatoms. The van der Waals surface area contributed by atoms with Crippen LogP contribution < -0.4 is 5.32 Å². The molecule has 0 spiro atoms. The molecule has 0 aromatic carbocycles. The van der Waals surface area contributed by atoms with E-state index in [-0.39, 0.29) is 11.8 Å². The molecule has 0 bridgehead atoms. The molecule has 1 aliphatic carbocycles. The standard InChI is InChI=1S/C13H23NO3/c1-3-4-11(13(16)17)14-12(15)10-7-5-9(2)6-8-10/h9-11H,3-8H2,1-2H3,(H,14,15)(H,16,17)/t9?,10?,11-/m0/s1. The van der Waals surface area contributed by atoms with Crippen molar-refractivity contribution in [2.75, 3.05) is 0 Å². The molecule has 1 rings (SSSR count). The van der Waals surface area contributed by atoms with E-state index in [1.54, 1.807) is 0 Å². The second kappa shape index (κ2) is 6.62. The normalized spacial score (nSPS) is 26.2. The summed E-state index contributed by atoms with van der Waals surface area (Å²) in [6, 6.07) is -0.716. The molecule has 0 aromatic heterocycles. The number of hydrogen-bond acceptors (Lipinski definition) is 2. The summed E-state index contributed by atoms with van der Waals surface area (Å²) < 4.78 is 0. The van der Waals surface area contributed by atoms with Gasteiger partial charge in [-0.2, -0.15) is 0 Å². The van der Waals surface area contributed by atoms with Gasteiger partial charge in [0, 0.05) is 5.92 Å². The third kappa shape index (κ3) is 4.36. The molecule has 2 N–H and O–H groups in total. The van der Waals surface area contributed by atoms with Gasteiger partial charge in [0.25, 0.3) is 0 Å². The summed E-state index contributed by atoms with van der Waals surface area (Å²) >= 11 is 0. The first-order valence-corrected chi connectivity index (χ1v) is 6.57. The van der Waals surface area contributed by atoms with E-state index in [9.17, 15) is 9.59 Å². The molecular weight excluding hydrogens is 218 g/mol. The number of carbonyl (C=O) groups is 2. The topological polar surface area (TPSA) is 66.4 Å². The fraction of sp³-hybridized carbons (Fsp3) is 0.846. The molecule has 0 aromatic rings. The zero-order chi connectivity index (χ0) is 12.8. The van der Waals surface area contributed by atoms with E-state index < -0.39 is 12.0 Å². The van der Waals surface area contributed by atoms with Crippen LogP contribution in [-0.2, 0) is 9.59 Å². The second-order valence-electron chi connectivity index (χ2n) is 5.14. The second-order valence-corrected chi connectivity index (χ2v) is 5.14. The van der Waals surface area contributed by atoms with Crippen LogP contribution in [-0.4, -0.2) is 23.0 Å². The Balaban J connectivity index is 2.44. The third-order valence-electron chi connectivity index (χ3n) is 3.58. The van der Waals surface area contributed by atoms with E-state index in [2.05, 4.69) is 12.2 Å². The molecule has 4 nitrogen and oxygen atoms in total. The number of carboxylic acids is 1. The molecule has 17 heavy (non-hydrogen) atoms. The summed E-state index contributed by atoms with van der Waals surface area (Å²) in [5.74, 6) is -0.281. The van der Waals surface area contributed by atoms with Crippen molar-refractivity contribution in [3.63, 3.8) is 0 Å². The van der Waals surface area contributed by atoms with Gasteiger partial charge in [-0.3, -0.25) is 4.79 Å². The molecule has 1 saturated carbocycles. The molecule has 1 atom stereocenters. The summed E-state index contributed by atoms with van der Waals surface area (Å²) in [5, 5.41) is 11.6. The number of nitrogens with one attached hydrogen (secondary N) is 1. The predicted octanol–water partition coefficient (Wildman–Crippen LogP) is 2.18.